The van der Waals surface area contributed by atoms with Gasteiger partial charge in [0, 0.05) is 19.3 Å². The van der Waals surface area contributed by atoms with E-state index < -0.39 is 0 Å². The molecule has 1 saturated heterocycles. The van der Waals surface area contributed by atoms with Gasteiger partial charge in [0.2, 0.25) is 0 Å². The first-order valence-electron chi connectivity index (χ1n) is 7.79. The minimum Gasteiger partial charge on any atom is -0.312 e. The molecule has 1 aliphatic rings. The van der Waals surface area contributed by atoms with Crippen molar-refractivity contribution < 1.29 is 0 Å². The summed E-state index contributed by atoms with van der Waals surface area (Å²) in [5.74, 6) is 0.799. The molecule has 2 heterocycles. The lowest BCUT2D eigenvalue weighted by Gasteiger charge is -2.29. The smallest absolute Gasteiger partial charge is 0.0650 e. The molecule has 1 aromatic carbocycles. The highest BCUT2D eigenvalue weighted by atomic mass is 15.1. The Morgan fingerprint density at radius 1 is 1.29 bits per heavy atom. The molecule has 0 bridgehead atoms. The lowest BCUT2D eigenvalue weighted by Crippen LogP contribution is -2.37. The Bertz CT molecular complexity index is 532. The van der Waals surface area contributed by atoms with Crippen LogP contribution < -0.4 is 5.32 Å². The lowest BCUT2D eigenvalue weighted by atomic mass is 9.98. The summed E-state index contributed by atoms with van der Waals surface area (Å²) in [6, 6.07) is 10.7. The highest BCUT2D eigenvalue weighted by molar-refractivity contribution is 5.58. The van der Waals surface area contributed by atoms with Crippen molar-refractivity contribution in [3.8, 4) is 11.3 Å². The van der Waals surface area contributed by atoms with Crippen LogP contribution in [-0.4, -0.2) is 41.8 Å². The normalized spacial score (nSPS) is 19.8. The molecule has 1 atom stereocenters. The molecule has 0 spiro atoms. The second-order valence-corrected chi connectivity index (χ2v) is 6.07. The van der Waals surface area contributed by atoms with E-state index in [0.717, 1.165) is 24.7 Å². The van der Waals surface area contributed by atoms with Crippen molar-refractivity contribution >= 4 is 0 Å². The Balaban J connectivity index is 1.47. The third kappa shape index (κ3) is 3.93. The summed E-state index contributed by atoms with van der Waals surface area (Å²) in [4.78, 5) is 2.44. The van der Waals surface area contributed by atoms with E-state index >= 15 is 0 Å². The molecule has 0 radical (unpaired) electrons. The molecule has 4 heteroatoms. The number of rotatable bonds is 5. The van der Waals surface area contributed by atoms with Crippen LogP contribution in [0.1, 0.15) is 18.4 Å². The Morgan fingerprint density at radius 3 is 2.86 bits per heavy atom. The number of nitrogens with zero attached hydrogens (tertiary/aromatic N) is 2. The van der Waals surface area contributed by atoms with Crippen molar-refractivity contribution in [2.75, 3.05) is 26.7 Å². The van der Waals surface area contributed by atoms with Crippen LogP contribution in [0, 0.1) is 5.92 Å². The fourth-order valence-electron chi connectivity index (χ4n) is 3.08. The predicted molar refractivity (Wildman–Crippen MR) is 86.0 cm³/mol. The fraction of sp³-hybridized carbons (Fsp3) is 0.471. The molecular formula is C17H24N4. The van der Waals surface area contributed by atoms with Gasteiger partial charge in [-0.05, 0) is 56.1 Å². The summed E-state index contributed by atoms with van der Waals surface area (Å²) in [6.07, 6.45) is 4.48. The van der Waals surface area contributed by atoms with Crippen molar-refractivity contribution in [2.45, 2.75) is 19.4 Å². The van der Waals surface area contributed by atoms with Gasteiger partial charge >= 0.3 is 0 Å². The van der Waals surface area contributed by atoms with Gasteiger partial charge in [0.15, 0.2) is 0 Å². The fourth-order valence-corrected chi connectivity index (χ4v) is 3.08. The monoisotopic (exact) mass is 284 g/mol. The number of piperidine rings is 1. The maximum atomic E-state index is 3.99. The molecule has 0 saturated carbocycles. The van der Waals surface area contributed by atoms with E-state index in [1.54, 1.807) is 6.20 Å². The molecule has 112 valence electrons. The Hall–Kier alpha value is -1.65. The van der Waals surface area contributed by atoms with Crippen LogP contribution >= 0.6 is 0 Å². The minimum absolute atomic E-state index is 0.799. The molecule has 0 amide bonds. The number of nitrogens with one attached hydrogen (secondary N) is 2. The number of likely N-dealkylation sites (tertiary alicyclic amines) is 1. The van der Waals surface area contributed by atoms with Gasteiger partial charge in [-0.1, -0.05) is 24.3 Å². The van der Waals surface area contributed by atoms with E-state index in [2.05, 4.69) is 51.7 Å². The number of benzene rings is 1. The van der Waals surface area contributed by atoms with Gasteiger partial charge in [-0.15, -0.1) is 0 Å². The van der Waals surface area contributed by atoms with Crippen LogP contribution in [0.3, 0.4) is 0 Å². The molecule has 4 nitrogen and oxygen atoms in total. The first kappa shape index (κ1) is 14.3. The van der Waals surface area contributed by atoms with Crippen LogP contribution in [0.5, 0.6) is 0 Å². The summed E-state index contributed by atoms with van der Waals surface area (Å²) in [5, 5.41) is 10.6. The number of H-pyrrole nitrogens is 1. The van der Waals surface area contributed by atoms with Gasteiger partial charge < -0.3 is 10.2 Å². The van der Waals surface area contributed by atoms with Gasteiger partial charge in [-0.25, -0.2) is 0 Å². The summed E-state index contributed by atoms with van der Waals surface area (Å²) >= 11 is 0. The second-order valence-electron chi connectivity index (χ2n) is 6.07. The molecule has 1 aliphatic heterocycles. The van der Waals surface area contributed by atoms with Crippen LogP contribution in [-0.2, 0) is 6.54 Å². The van der Waals surface area contributed by atoms with Gasteiger partial charge in [0.1, 0.15) is 0 Å². The predicted octanol–water partition coefficient (Wildman–Crippen LogP) is 2.51. The van der Waals surface area contributed by atoms with Crippen LogP contribution in [0.2, 0.25) is 0 Å². The van der Waals surface area contributed by atoms with E-state index in [0.29, 0.717) is 0 Å². The third-order valence-corrected chi connectivity index (χ3v) is 4.25. The van der Waals surface area contributed by atoms with Crippen molar-refractivity contribution in [3.05, 3.63) is 42.1 Å². The van der Waals surface area contributed by atoms with Gasteiger partial charge in [-0.2, -0.15) is 5.10 Å². The Kier molecular flexibility index (Phi) is 4.68. The first-order valence-corrected chi connectivity index (χ1v) is 7.79. The first-order chi connectivity index (χ1) is 10.3. The van der Waals surface area contributed by atoms with E-state index in [9.17, 15) is 0 Å². The maximum Gasteiger partial charge on any atom is 0.0650 e. The number of aromatic amines is 1. The average molecular weight is 284 g/mol. The van der Waals surface area contributed by atoms with Crippen LogP contribution in [0.15, 0.2) is 36.5 Å². The average Bonchev–Trinajstić information content (AvgIpc) is 3.02. The van der Waals surface area contributed by atoms with Crippen molar-refractivity contribution in [1.82, 2.24) is 20.4 Å². The second kappa shape index (κ2) is 6.87. The summed E-state index contributed by atoms with van der Waals surface area (Å²) < 4.78 is 0. The summed E-state index contributed by atoms with van der Waals surface area (Å²) in [7, 11) is 2.22. The van der Waals surface area contributed by atoms with Crippen molar-refractivity contribution in [2.24, 2.45) is 5.92 Å². The van der Waals surface area contributed by atoms with Crippen LogP contribution in [0.25, 0.3) is 11.3 Å². The quantitative estimate of drug-likeness (QED) is 0.886. The highest BCUT2D eigenvalue weighted by Crippen LogP contribution is 2.17. The van der Waals surface area contributed by atoms with Gasteiger partial charge in [0.05, 0.1) is 5.69 Å². The van der Waals surface area contributed by atoms with E-state index in [1.807, 2.05) is 6.07 Å². The zero-order chi connectivity index (χ0) is 14.5. The lowest BCUT2D eigenvalue weighted by molar-refractivity contribution is 0.206. The standard InChI is InChI=1S/C17H24N4/c1-21-10-2-3-15(13-21)12-18-11-14-4-6-16(7-5-14)17-8-9-19-20-17/h4-9,15,18H,2-3,10-13H2,1H3,(H,19,20). The molecule has 1 fully saturated rings. The van der Waals surface area contributed by atoms with Gasteiger partial charge in [0.25, 0.3) is 0 Å². The summed E-state index contributed by atoms with van der Waals surface area (Å²) in [5.41, 5.74) is 3.59. The topological polar surface area (TPSA) is 44.0 Å². The molecule has 1 aromatic heterocycles. The van der Waals surface area contributed by atoms with E-state index in [-0.39, 0.29) is 0 Å². The molecule has 2 N–H and O–H groups in total. The van der Waals surface area contributed by atoms with Crippen molar-refractivity contribution in [1.29, 1.82) is 0 Å². The molecule has 0 aliphatic carbocycles. The zero-order valence-electron chi connectivity index (χ0n) is 12.7. The zero-order valence-corrected chi connectivity index (χ0v) is 12.7. The third-order valence-electron chi connectivity index (χ3n) is 4.25. The van der Waals surface area contributed by atoms with E-state index in [4.69, 9.17) is 0 Å². The number of hydrogen-bond acceptors (Lipinski definition) is 3. The Labute approximate surface area is 126 Å². The molecule has 2 aromatic rings. The highest BCUT2D eigenvalue weighted by Gasteiger charge is 2.16. The van der Waals surface area contributed by atoms with Crippen molar-refractivity contribution in [3.63, 3.8) is 0 Å². The molecule has 1 unspecified atom stereocenters. The Morgan fingerprint density at radius 2 is 2.14 bits per heavy atom. The molecule has 21 heavy (non-hydrogen) atoms. The molecule has 3 rings (SSSR count). The summed E-state index contributed by atoms with van der Waals surface area (Å²) in [6.45, 7) is 4.55. The van der Waals surface area contributed by atoms with E-state index in [1.165, 1.54) is 37.1 Å². The maximum absolute atomic E-state index is 3.99. The largest absolute Gasteiger partial charge is 0.312 e. The minimum atomic E-state index is 0.799. The molecular weight excluding hydrogens is 260 g/mol. The number of hydrogen-bond donors (Lipinski definition) is 2. The number of aromatic nitrogens is 2. The SMILES string of the molecule is CN1CCCC(CNCc2ccc(-c3ccn[nH]3)cc2)C1. The van der Waals surface area contributed by atoms with Crippen LogP contribution in [0.4, 0.5) is 0 Å². The van der Waals surface area contributed by atoms with Gasteiger partial charge in [-0.3, -0.25) is 5.10 Å².